The smallest absolute Gasteiger partial charge is 0.173 e. The molecular weight excluding hydrogens is 404 g/mol. The van der Waals surface area contributed by atoms with Gasteiger partial charge in [0.1, 0.15) is 5.01 Å². The zero-order valence-electron chi connectivity index (χ0n) is 17.2. The van der Waals surface area contributed by atoms with Crippen LogP contribution in [-0.2, 0) is 13.0 Å². The highest BCUT2D eigenvalue weighted by molar-refractivity contribution is 7.05. The summed E-state index contributed by atoms with van der Waals surface area (Å²) in [5, 5.41) is 14.1. The molecule has 3 heterocycles. The second-order valence-corrected chi connectivity index (χ2v) is 9.31. The van der Waals surface area contributed by atoms with Gasteiger partial charge in [-0.2, -0.15) is 9.47 Å². The van der Waals surface area contributed by atoms with E-state index in [0.717, 1.165) is 52.7 Å². The van der Waals surface area contributed by atoms with Gasteiger partial charge < -0.3 is 10.3 Å². The molecule has 3 N–H and O–H groups in total. The summed E-state index contributed by atoms with van der Waals surface area (Å²) in [6, 6.07) is 15.0. The molecule has 0 unspecified atom stereocenters. The molecule has 7 heteroatoms. The average molecular weight is 429 g/mol. The highest BCUT2D eigenvalue weighted by Gasteiger charge is 2.16. The van der Waals surface area contributed by atoms with Gasteiger partial charge in [-0.25, -0.2) is 4.98 Å². The van der Waals surface area contributed by atoms with Gasteiger partial charge in [0.05, 0.1) is 11.7 Å². The van der Waals surface area contributed by atoms with Gasteiger partial charge in [0.25, 0.3) is 0 Å². The van der Waals surface area contributed by atoms with Crippen LogP contribution in [0.4, 0.5) is 0 Å². The van der Waals surface area contributed by atoms with Crippen LogP contribution in [-0.4, -0.2) is 31.1 Å². The Morgan fingerprint density at radius 3 is 2.97 bits per heavy atom. The number of fused-ring (bicyclic) bond motifs is 2. The van der Waals surface area contributed by atoms with E-state index in [0.29, 0.717) is 0 Å². The monoisotopic (exact) mass is 428 g/mol. The first-order valence-corrected chi connectivity index (χ1v) is 11.7. The number of nitrogens with zero attached hydrogens (tertiary/aromatic N) is 3. The highest BCUT2D eigenvalue weighted by atomic mass is 32.1. The third kappa shape index (κ3) is 3.75. The van der Waals surface area contributed by atoms with Crippen molar-refractivity contribution >= 4 is 33.3 Å². The van der Waals surface area contributed by atoms with Crippen LogP contribution in [0.2, 0.25) is 0 Å². The zero-order chi connectivity index (χ0) is 20.6. The van der Waals surface area contributed by atoms with Crippen molar-refractivity contribution in [2.45, 2.75) is 32.2 Å². The minimum absolute atomic E-state index is 0.771. The summed E-state index contributed by atoms with van der Waals surface area (Å²) in [5.41, 5.74) is 5.70. The van der Waals surface area contributed by atoms with Crippen LogP contribution in [0, 0.1) is 5.92 Å². The number of benzene rings is 2. The zero-order valence-corrected chi connectivity index (χ0v) is 18.0. The Balaban J connectivity index is 1.17. The molecule has 5 aromatic rings. The number of aromatic nitrogens is 5. The van der Waals surface area contributed by atoms with Gasteiger partial charge in [-0.05, 0) is 66.0 Å². The van der Waals surface area contributed by atoms with Crippen molar-refractivity contribution in [3.63, 3.8) is 0 Å². The summed E-state index contributed by atoms with van der Waals surface area (Å²) < 4.78 is 4.61. The van der Waals surface area contributed by atoms with E-state index < -0.39 is 0 Å². The van der Waals surface area contributed by atoms with Gasteiger partial charge >= 0.3 is 0 Å². The first-order chi connectivity index (χ1) is 15.3. The quantitative estimate of drug-likeness (QED) is 0.339. The van der Waals surface area contributed by atoms with Crippen LogP contribution in [0.1, 0.15) is 35.5 Å². The Morgan fingerprint density at radius 2 is 2.06 bits per heavy atom. The Hall–Kier alpha value is -3.03. The first kappa shape index (κ1) is 18.7. The molecule has 1 aliphatic rings. The Kier molecular flexibility index (Phi) is 4.77. The number of hydrogen-bond donors (Lipinski definition) is 3. The van der Waals surface area contributed by atoms with Crippen LogP contribution in [0.5, 0.6) is 0 Å². The predicted octanol–water partition coefficient (Wildman–Crippen LogP) is 5.04. The predicted molar refractivity (Wildman–Crippen MR) is 125 cm³/mol. The van der Waals surface area contributed by atoms with Crippen LogP contribution in [0.3, 0.4) is 0 Å². The third-order valence-corrected chi connectivity index (χ3v) is 6.98. The topological polar surface area (TPSA) is 82.3 Å². The van der Waals surface area contributed by atoms with Gasteiger partial charge in [-0.15, -0.1) is 0 Å². The van der Waals surface area contributed by atoms with Crippen LogP contribution in [0.25, 0.3) is 33.2 Å². The first-order valence-electron chi connectivity index (χ1n) is 10.9. The number of aromatic amines is 2. The second kappa shape index (κ2) is 7.90. The molecule has 0 saturated heterocycles. The summed E-state index contributed by atoms with van der Waals surface area (Å²) in [5.74, 6) is 1.65. The van der Waals surface area contributed by atoms with Gasteiger partial charge in [-0.3, -0.25) is 5.10 Å². The molecule has 0 atom stereocenters. The highest BCUT2D eigenvalue weighted by Crippen LogP contribution is 2.28. The van der Waals surface area contributed by atoms with E-state index in [1.54, 1.807) is 0 Å². The molecule has 0 bridgehead atoms. The molecular formula is C24H24N6S. The minimum atomic E-state index is 0.771. The number of hydrogen-bond acceptors (Lipinski definition) is 5. The Morgan fingerprint density at radius 1 is 1.10 bits per heavy atom. The van der Waals surface area contributed by atoms with Crippen molar-refractivity contribution in [2.24, 2.45) is 5.92 Å². The van der Waals surface area contributed by atoms with Crippen molar-refractivity contribution in [1.29, 1.82) is 0 Å². The van der Waals surface area contributed by atoms with Gasteiger partial charge in [0.2, 0.25) is 0 Å². The minimum Gasteiger partial charge on any atom is -0.357 e. The van der Waals surface area contributed by atoms with Gasteiger partial charge in [-0.1, -0.05) is 30.7 Å². The molecule has 6 nitrogen and oxygen atoms in total. The van der Waals surface area contributed by atoms with E-state index in [4.69, 9.17) is 4.98 Å². The van der Waals surface area contributed by atoms with E-state index in [9.17, 15) is 0 Å². The Labute approximate surface area is 184 Å². The molecule has 1 aliphatic carbocycles. The van der Waals surface area contributed by atoms with Crippen LogP contribution in [0.15, 0.2) is 48.7 Å². The lowest BCUT2D eigenvalue weighted by Gasteiger charge is -2.25. The van der Waals surface area contributed by atoms with Crippen molar-refractivity contribution in [3.8, 4) is 11.4 Å². The molecule has 0 radical (unpaired) electrons. The van der Waals surface area contributed by atoms with Crippen molar-refractivity contribution in [1.82, 2.24) is 29.9 Å². The van der Waals surface area contributed by atoms with E-state index in [1.165, 1.54) is 53.0 Å². The molecule has 2 aromatic carbocycles. The number of H-pyrrole nitrogens is 2. The molecule has 0 aliphatic heterocycles. The largest absolute Gasteiger partial charge is 0.357 e. The summed E-state index contributed by atoms with van der Waals surface area (Å²) in [7, 11) is 0. The van der Waals surface area contributed by atoms with Gasteiger partial charge in [0, 0.05) is 35.1 Å². The van der Waals surface area contributed by atoms with Crippen LogP contribution >= 0.6 is 11.5 Å². The van der Waals surface area contributed by atoms with Crippen molar-refractivity contribution in [3.05, 3.63) is 64.9 Å². The van der Waals surface area contributed by atoms with Crippen molar-refractivity contribution in [2.75, 3.05) is 6.54 Å². The average Bonchev–Trinajstić information content (AvgIpc) is 3.48. The standard InChI is InChI=1S/C24H24N6S/c1-3-15(4-1)12-25-13-18-11-17-8-7-16(9-22(17)27-18)10-23-28-24(30-31-23)19-5-2-6-21-20(19)14-26-29-21/h2,5-9,11,14-15,25,27H,1,3-4,10,12-13H2,(H,26,29). The second-order valence-electron chi connectivity index (χ2n) is 8.47. The fourth-order valence-corrected chi connectivity index (χ4v) is 5.01. The normalized spacial score (nSPS) is 14.5. The maximum Gasteiger partial charge on any atom is 0.173 e. The molecule has 1 saturated carbocycles. The lowest BCUT2D eigenvalue weighted by Crippen LogP contribution is -2.26. The fourth-order valence-electron chi connectivity index (χ4n) is 4.32. The maximum absolute atomic E-state index is 4.81. The van der Waals surface area contributed by atoms with E-state index in [1.807, 2.05) is 18.3 Å². The summed E-state index contributed by atoms with van der Waals surface area (Å²) in [6.45, 7) is 2.03. The lowest BCUT2D eigenvalue weighted by molar-refractivity contribution is 0.301. The number of rotatable bonds is 7. The third-order valence-electron chi connectivity index (χ3n) is 6.26. The number of nitrogens with one attached hydrogen (secondary N) is 3. The van der Waals surface area contributed by atoms with Crippen LogP contribution < -0.4 is 5.32 Å². The Bertz CT molecular complexity index is 1340. The molecule has 6 rings (SSSR count). The summed E-state index contributed by atoms with van der Waals surface area (Å²) in [4.78, 5) is 8.38. The maximum atomic E-state index is 4.81. The van der Waals surface area contributed by atoms with Gasteiger partial charge in [0.15, 0.2) is 5.82 Å². The summed E-state index contributed by atoms with van der Waals surface area (Å²) >= 11 is 1.47. The SMILES string of the molecule is c1cc(-c2nsc(Cc3ccc4cc(CNCC5CCC5)[nH]c4c3)n2)c2cn[nH]c2c1. The molecule has 3 aromatic heterocycles. The molecule has 31 heavy (non-hydrogen) atoms. The van der Waals surface area contributed by atoms with E-state index in [2.05, 4.69) is 55.2 Å². The molecule has 156 valence electrons. The summed E-state index contributed by atoms with van der Waals surface area (Å²) in [6.07, 6.45) is 6.78. The molecule has 1 fully saturated rings. The lowest BCUT2D eigenvalue weighted by atomic mass is 9.85. The van der Waals surface area contributed by atoms with E-state index in [-0.39, 0.29) is 0 Å². The van der Waals surface area contributed by atoms with E-state index >= 15 is 0 Å². The molecule has 0 spiro atoms. The van der Waals surface area contributed by atoms with Crippen molar-refractivity contribution < 1.29 is 0 Å². The fraction of sp³-hybridized carbons (Fsp3) is 0.292. The molecule has 0 amide bonds.